The molecular weight excluding hydrogens is 201 g/mol. The van der Waals surface area contributed by atoms with Crippen LogP contribution in [0.4, 0.5) is 4.39 Å². The van der Waals surface area contributed by atoms with Crippen LogP contribution >= 0.6 is 0 Å². The zero-order chi connectivity index (χ0) is 12.1. The van der Waals surface area contributed by atoms with E-state index in [4.69, 9.17) is 0 Å². The van der Waals surface area contributed by atoms with Gasteiger partial charge in [0.05, 0.1) is 0 Å². The molecule has 0 radical (unpaired) electrons. The molecule has 0 saturated heterocycles. The average molecular weight is 223 g/mol. The van der Waals surface area contributed by atoms with Crippen molar-refractivity contribution in [3.8, 4) is 0 Å². The number of hydrogen-bond acceptors (Lipinski definition) is 1. The van der Waals surface area contributed by atoms with Crippen LogP contribution < -0.4 is 5.32 Å². The molecule has 0 spiro atoms. The fourth-order valence-corrected chi connectivity index (χ4v) is 1.69. The summed E-state index contributed by atoms with van der Waals surface area (Å²) in [7, 11) is 0. The highest BCUT2D eigenvalue weighted by Crippen LogP contribution is 2.10. The van der Waals surface area contributed by atoms with E-state index in [1.807, 2.05) is 12.1 Å². The lowest BCUT2D eigenvalue weighted by molar-refractivity contribution is 0.380. The molecule has 90 valence electrons. The Morgan fingerprint density at radius 2 is 1.75 bits per heavy atom. The largest absolute Gasteiger partial charge is 0.311 e. The van der Waals surface area contributed by atoms with E-state index in [2.05, 4.69) is 33.0 Å². The minimum absolute atomic E-state index is 0.103. The van der Waals surface area contributed by atoms with Crippen LogP contribution in [0.2, 0.25) is 0 Å². The van der Waals surface area contributed by atoms with Gasteiger partial charge in [-0.3, -0.25) is 0 Å². The first kappa shape index (κ1) is 13.2. The highest BCUT2D eigenvalue weighted by atomic mass is 19.1. The van der Waals surface area contributed by atoms with Gasteiger partial charge in [0.2, 0.25) is 0 Å². The molecule has 0 aliphatic rings. The second-order valence-electron chi connectivity index (χ2n) is 4.90. The molecule has 0 heterocycles. The first-order valence-electron chi connectivity index (χ1n) is 6.00. The van der Waals surface area contributed by atoms with Gasteiger partial charge < -0.3 is 5.32 Å². The topological polar surface area (TPSA) is 12.0 Å². The number of hydrogen-bond donors (Lipinski definition) is 1. The van der Waals surface area contributed by atoms with Crippen LogP contribution in [0.3, 0.4) is 0 Å². The maximum Gasteiger partial charge on any atom is 0.126 e. The van der Waals surface area contributed by atoms with Gasteiger partial charge in [0.25, 0.3) is 0 Å². The molecule has 2 unspecified atom stereocenters. The molecule has 2 atom stereocenters. The Morgan fingerprint density at radius 3 is 2.31 bits per heavy atom. The molecule has 0 amide bonds. The summed E-state index contributed by atoms with van der Waals surface area (Å²) in [5, 5.41) is 3.49. The maximum atomic E-state index is 13.4. The number of benzene rings is 1. The standard InChI is InChI=1S/C14H22FN/c1-10(2)12(4)16-11(3)9-13-7-5-6-8-14(13)15/h5-8,10-12,16H,9H2,1-4H3. The summed E-state index contributed by atoms with van der Waals surface area (Å²) in [6.45, 7) is 8.65. The molecule has 1 aromatic carbocycles. The molecule has 0 fully saturated rings. The molecule has 1 nitrogen and oxygen atoms in total. The summed E-state index contributed by atoms with van der Waals surface area (Å²) in [6, 6.07) is 7.75. The molecule has 1 aromatic rings. The second-order valence-corrected chi connectivity index (χ2v) is 4.90. The first-order valence-corrected chi connectivity index (χ1v) is 6.00. The van der Waals surface area contributed by atoms with E-state index >= 15 is 0 Å². The van der Waals surface area contributed by atoms with Crippen molar-refractivity contribution in [2.75, 3.05) is 0 Å². The van der Waals surface area contributed by atoms with Crippen molar-refractivity contribution < 1.29 is 4.39 Å². The highest BCUT2D eigenvalue weighted by Gasteiger charge is 2.12. The molecule has 1 N–H and O–H groups in total. The van der Waals surface area contributed by atoms with E-state index in [-0.39, 0.29) is 5.82 Å². The third kappa shape index (κ3) is 3.93. The van der Waals surface area contributed by atoms with Crippen LogP contribution in [0.1, 0.15) is 33.3 Å². The van der Waals surface area contributed by atoms with E-state index < -0.39 is 0 Å². The Labute approximate surface area is 98.1 Å². The van der Waals surface area contributed by atoms with Crippen molar-refractivity contribution in [1.82, 2.24) is 5.32 Å². The molecular formula is C14H22FN. The minimum Gasteiger partial charge on any atom is -0.311 e. The van der Waals surface area contributed by atoms with Crippen molar-refractivity contribution in [1.29, 1.82) is 0 Å². The second kappa shape index (κ2) is 6.00. The lowest BCUT2D eigenvalue weighted by Gasteiger charge is -2.23. The Morgan fingerprint density at radius 1 is 1.12 bits per heavy atom. The lowest BCUT2D eigenvalue weighted by Crippen LogP contribution is -2.39. The van der Waals surface area contributed by atoms with E-state index in [0.29, 0.717) is 18.0 Å². The molecule has 0 saturated carbocycles. The van der Waals surface area contributed by atoms with Gasteiger partial charge in [0.1, 0.15) is 5.82 Å². The van der Waals surface area contributed by atoms with E-state index in [1.54, 1.807) is 6.07 Å². The molecule has 0 aliphatic heterocycles. The van der Waals surface area contributed by atoms with Crippen molar-refractivity contribution >= 4 is 0 Å². The highest BCUT2D eigenvalue weighted by molar-refractivity contribution is 5.18. The SMILES string of the molecule is CC(Cc1ccccc1F)NC(C)C(C)C. The zero-order valence-electron chi connectivity index (χ0n) is 10.6. The van der Waals surface area contributed by atoms with E-state index in [1.165, 1.54) is 6.07 Å². The predicted molar refractivity (Wildman–Crippen MR) is 67.0 cm³/mol. The Bertz CT molecular complexity index is 322. The van der Waals surface area contributed by atoms with Gasteiger partial charge in [0, 0.05) is 12.1 Å². The summed E-state index contributed by atoms with van der Waals surface area (Å²) in [5.41, 5.74) is 0.790. The van der Waals surface area contributed by atoms with E-state index in [0.717, 1.165) is 12.0 Å². The van der Waals surface area contributed by atoms with Crippen LogP contribution in [0.25, 0.3) is 0 Å². The van der Waals surface area contributed by atoms with Gasteiger partial charge >= 0.3 is 0 Å². The third-order valence-electron chi connectivity index (χ3n) is 3.03. The summed E-state index contributed by atoms with van der Waals surface area (Å²) in [4.78, 5) is 0. The molecule has 0 bridgehead atoms. The Hall–Kier alpha value is -0.890. The zero-order valence-corrected chi connectivity index (χ0v) is 10.6. The Balaban J connectivity index is 2.52. The van der Waals surface area contributed by atoms with Crippen LogP contribution in [-0.2, 0) is 6.42 Å². The van der Waals surface area contributed by atoms with Crippen molar-refractivity contribution in [3.63, 3.8) is 0 Å². The van der Waals surface area contributed by atoms with Gasteiger partial charge in [-0.1, -0.05) is 32.0 Å². The Kier molecular flexibility index (Phi) is 4.94. The fraction of sp³-hybridized carbons (Fsp3) is 0.571. The van der Waals surface area contributed by atoms with Gasteiger partial charge in [-0.25, -0.2) is 4.39 Å². The van der Waals surface area contributed by atoms with Gasteiger partial charge in [0.15, 0.2) is 0 Å². The fourth-order valence-electron chi connectivity index (χ4n) is 1.69. The number of nitrogens with one attached hydrogen (secondary N) is 1. The molecule has 2 heteroatoms. The average Bonchev–Trinajstić information content (AvgIpc) is 2.21. The summed E-state index contributed by atoms with van der Waals surface area (Å²) < 4.78 is 13.4. The molecule has 0 aromatic heterocycles. The number of rotatable bonds is 5. The predicted octanol–water partition coefficient (Wildman–Crippen LogP) is 3.39. The summed E-state index contributed by atoms with van der Waals surface area (Å²) in [6.07, 6.45) is 0.740. The normalized spacial score (nSPS) is 15.1. The van der Waals surface area contributed by atoms with E-state index in [9.17, 15) is 4.39 Å². The quantitative estimate of drug-likeness (QED) is 0.806. The van der Waals surface area contributed by atoms with Crippen molar-refractivity contribution in [3.05, 3.63) is 35.6 Å². The molecule has 1 rings (SSSR count). The minimum atomic E-state index is -0.103. The lowest BCUT2D eigenvalue weighted by atomic mass is 10.0. The summed E-state index contributed by atoms with van der Waals surface area (Å²) in [5.74, 6) is 0.497. The van der Waals surface area contributed by atoms with Gasteiger partial charge in [-0.2, -0.15) is 0 Å². The maximum absolute atomic E-state index is 13.4. The molecule has 0 aliphatic carbocycles. The van der Waals surface area contributed by atoms with Crippen molar-refractivity contribution in [2.45, 2.75) is 46.2 Å². The van der Waals surface area contributed by atoms with Gasteiger partial charge in [-0.15, -0.1) is 0 Å². The third-order valence-corrected chi connectivity index (χ3v) is 3.03. The van der Waals surface area contributed by atoms with Crippen LogP contribution in [-0.4, -0.2) is 12.1 Å². The van der Waals surface area contributed by atoms with Crippen molar-refractivity contribution in [2.24, 2.45) is 5.92 Å². The molecule has 16 heavy (non-hydrogen) atoms. The monoisotopic (exact) mass is 223 g/mol. The first-order chi connectivity index (χ1) is 7.50. The smallest absolute Gasteiger partial charge is 0.126 e. The van der Waals surface area contributed by atoms with Gasteiger partial charge in [-0.05, 0) is 37.8 Å². The van der Waals surface area contributed by atoms with Crippen LogP contribution in [0, 0.1) is 11.7 Å². The number of halogens is 1. The summed E-state index contributed by atoms with van der Waals surface area (Å²) >= 11 is 0. The van der Waals surface area contributed by atoms with Crippen LogP contribution in [0.15, 0.2) is 24.3 Å². The van der Waals surface area contributed by atoms with Crippen LogP contribution in [0.5, 0.6) is 0 Å².